The zero-order chi connectivity index (χ0) is 19.4. The number of hydrogen-bond acceptors (Lipinski definition) is 7. The Morgan fingerprint density at radius 2 is 1.89 bits per heavy atom. The van der Waals surface area contributed by atoms with Crippen LogP contribution in [0.1, 0.15) is 46.5 Å². The minimum absolute atomic E-state index is 0.246. The molecule has 1 spiro atoms. The lowest BCUT2D eigenvalue weighted by atomic mass is 9.58. The summed E-state index contributed by atoms with van der Waals surface area (Å²) in [5, 5.41) is 3.39. The molecule has 5 saturated heterocycles. The van der Waals surface area contributed by atoms with E-state index in [1.54, 1.807) is 0 Å². The highest BCUT2D eigenvalue weighted by atomic mass is 17.3. The Kier molecular flexibility index (Phi) is 5.23. The zero-order valence-corrected chi connectivity index (χ0v) is 17.5. The second-order valence-corrected chi connectivity index (χ2v) is 9.74. The predicted octanol–water partition coefficient (Wildman–Crippen LogP) is 2.12. The van der Waals surface area contributed by atoms with Gasteiger partial charge in [0.2, 0.25) is 5.79 Å². The van der Waals surface area contributed by atoms with Crippen LogP contribution >= 0.6 is 0 Å². The highest BCUT2D eigenvalue weighted by molar-refractivity contribution is 5.09. The topological polar surface area (TPSA) is 61.4 Å². The molecule has 1 aliphatic carbocycles. The van der Waals surface area contributed by atoms with Crippen molar-refractivity contribution < 1.29 is 24.0 Å². The molecule has 160 valence electrons. The van der Waals surface area contributed by atoms with E-state index in [0.29, 0.717) is 24.4 Å². The fraction of sp³-hybridized carbons (Fsp3) is 1.00. The lowest BCUT2D eigenvalue weighted by Gasteiger charge is -2.60. The molecule has 0 aromatic rings. The second kappa shape index (κ2) is 7.45. The molecule has 8 atom stereocenters. The maximum absolute atomic E-state index is 6.47. The van der Waals surface area contributed by atoms with Crippen LogP contribution in [0.15, 0.2) is 0 Å². The van der Waals surface area contributed by atoms with Gasteiger partial charge in [-0.15, -0.1) is 0 Å². The van der Waals surface area contributed by atoms with Crippen molar-refractivity contribution in [3.05, 3.63) is 0 Å². The van der Waals surface area contributed by atoms with E-state index >= 15 is 0 Å². The van der Waals surface area contributed by atoms with Gasteiger partial charge in [0, 0.05) is 51.0 Å². The molecule has 2 bridgehead atoms. The average Bonchev–Trinajstić information content (AvgIpc) is 2.92. The number of nitrogens with one attached hydrogen (secondary N) is 1. The maximum atomic E-state index is 6.47. The van der Waals surface area contributed by atoms with Gasteiger partial charge in [-0.1, -0.05) is 13.8 Å². The van der Waals surface area contributed by atoms with E-state index in [-0.39, 0.29) is 12.2 Å². The normalized spacial score (nSPS) is 51.5. The molecule has 1 N–H and O–H groups in total. The van der Waals surface area contributed by atoms with Crippen molar-refractivity contribution in [1.82, 2.24) is 10.2 Å². The number of piperazine rings is 1. The Bertz CT molecular complexity index is 573. The van der Waals surface area contributed by atoms with Crippen molar-refractivity contribution in [2.45, 2.75) is 70.4 Å². The van der Waals surface area contributed by atoms with Crippen LogP contribution in [-0.4, -0.2) is 68.2 Å². The Morgan fingerprint density at radius 3 is 2.71 bits per heavy atom. The van der Waals surface area contributed by atoms with Gasteiger partial charge in [0.05, 0.1) is 6.61 Å². The first kappa shape index (κ1) is 19.7. The van der Waals surface area contributed by atoms with Crippen molar-refractivity contribution >= 4 is 0 Å². The average molecular weight is 397 g/mol. The van der Waals surface area contributed by atoms with Gasteiger partial charge in [-0.3, -0.25) is 4.90 Å². The van der Waals surface area contributed by atoms with Crippen LogP contribution in [0.3, 0.4) is 0 Å². The van der Waals surface area contributed by atoms with Crippen LogP contribution in [0, 0.1) is 23.7 Å². The third-order valence-electron chi connectivity index (χ3n) is 8.00. The van der Waals surface area contributed by atoms with Gasteiger partial charge in [0.15, 0.2) is 18.2 Å². The van der Waals surface area contributed by atoms with Crippen molar-refractivity contribution in [3.63, 3.8) is 0 Å². The van der Waals surface area contributed by atoms with Gasteiger partial charge in [-0.2, -0.15) is 0 Å². The Hall–Kier alpha value is -0.280. The Morgan fingerprint density at radius 1 is 1.07 bits per heavy atom. The van der Waals surface area contributed by atoms with Gasteiger partial charge in [0.25, 0.3) is 0 Å². The lowest BCUT2D eigenvalue weighted by Crippen LogP contribution is -2.70. The summed E-state index contributed by atoms with van der Waals surface area (Å²) in [7, 11) is 0. The summed E-state index contributed by atoms with van der Waals surface area (Å²) in [6, 6.07) is 0. The molecule has 0 aromatic heterocycles. The molecule has 5 heterocycles. The minimum atomic E-state index is -0.719. The first-order chi connectivity index (χ1) is 13.5. The Labute approximate surface area is 168 Å². The summed E-state index contributed by atoms with van der Waals surface area (Å²) in [5.74, 6) is 0.865. The quantitative estimate of drug-likeness (QED) is 0.731. The lowest BCUT2D eigenvalue weighted by molar-refractivity contribution is -0.577. The summed E-state index contributed by atoms with van der Waals surface area (Å²) >= 11 is 0. The van der Waals surface area contributed by atoms with E-state index in [1.807, 2.05) is 6.92 Å². The first-order valence-corrected chi connectivity index (χ1v) is 11.3. The van der Waals surface area contributed by atoms with Gasteiger partial charge in [-0.05, 0) is 38.0 Å². The molecule has 7 nitrogen and oxygen atoms in total. The number of hydrogen-bond donors (Lipinski definition) is 1. The molecule has 6 rings (SSSR count). The van der Waals surface area contributed by atoms with Gasteiger partial charge >= 0.3 is 0 Å². The van der Waals surface area contributed by atoms with E-state index in [9.17, 15) is 0 Å². The van der Waals surface area contributed by atoms with Crippen LogP contribution in [0.2, 0.25) is 0 Å². The third-order valence-corrected chi connectivity index (χ3v) is 8.00. The predicted molar refractivity (Wildman–Crippen MR) is 102 cm³/mol. The van der Waals surface area contributed by atoms with Gasteiger partial charge < -0.3 is 19.5 Å². The van der Waals surface area contributed by atoms with E-state index in [1.165, 1.54) is 6.42 Å². The van der Waals surface area contributed by atoms with Crippen LogP contribution in [-0.2, 0) is 24.0 Å². The van der Waals surface area contributed by atoms with Crippen LogP contribution in [0.4, 0.5) is 0 Å². The summed E-state index contributed by atoms with van der Waals surface area (Å²) < 4.78 is 19.1. The van der Waals surface area contributed by atoms with Gasteiger partial charge in [0.1, 0.15) is 0 Å². The second-order valence-electron chi connectivity index (χ2n) is 9.74. The molecule has 0 amide bonds. The molecule has 1 saturated carbocycles. The van der Waals surface area contributed by atoms with Crippen molar-refractivity contribution in [3.8, 4) is 0 Å². The highest BCUT2D eigenvalue weighted by Gasteiger charge is 2.69. The summed E-state index contributed by atoms with van der Waals surface area (Å²) in [4.78, 5) is 14.5. The van der Waals surface area contributed by atoms with E-state index < -0.39 is 17.7 Å². The maximum Gasteiger partial charge on any atom is 0.201 e. The minimum Gasteiger partial charge on any atom is -0.351 e. The molecule has 28 heavy (non-hydrogen) atoms. The number of rotatable bonds is 4. The molecule has 4 unspecified atom stereocenters. The fourth-order valence-corrected chi connectivity index (χ4v) is 6.30. The highest BCUT2D eigenvalue weighted by Crippen LogP contribution is 2.60. The van der Waals surface area contributed by atoms with Crippen LogP contribution < -0.4 is 5.32 Å². The fourth-order valence-electron chi connectivity index (χ4n) is 6.30. The summed E-state index contributed by atoms with van der Waals surface area (Å²) in [6.07, 6.45) is 3.59. The molecule has 0 radical (unpaired) electrons. The molecule has 7 heteroatoms. The number of nitrogens with zero attached hydrogens (tertiary/aromatic N) is 1. The van der Waals surface area contributed by atoms with Crippen molar-refractivity contribution in [2.24, 2.45) is 23.7 Å². The first-order valence-electron chi connectivity index (χ1n) is 11.3. The molecule has 5 aliphatic heterocycles. The van der Waals surface area contributed by atoms with E-state index in [4.69, 9.17) is 24.0 Å². The largest absolute Gasteiger partial charge is 0.351 e. The summed E-state index contributed by atoms with van der Waals surface area (Å²) in [6.45, 7) is 12.5. The molecule has 6 fully saturated rings. The standard InChI is InChI=1S/C21H36N2O5/c1-14-4-5-17-15(2)18(24-13-12-23-10-8-22-9-11-23)25-19-21(17)16(14)6-7-20(3,26-19)27-28-21/h14-19,22H,4-13H2,1-3H3/t14-,15-,16?,17?,18+,19?,20?,21-/m1/s1. The van der Waals surface area contributed by atoms with Crippen molar-refractivity contribution in [2.75, 3.05) is 39.3 Å². The monoisotopic (exact) mass is 396 g/mol. The molecule has 6 aliphatic rings. The van der Waals surface area contributed by atoms with E-state index in [2.05, 4.69) is 24.1 Å². The van der Waals surface area contributed by atoms with Crippen molar-refractivity contribution in [1.29, 1.82) is 0 Å². The molecule has 0 aromatic carbocycles. The van der Waals surface area contributed by atoms with E-state index in [0.717, 1.165) is 52.0 Å². The zero-order valence-electron chi connectivity index (χ0n) is 17.5. The summed E-state index contributed by atoms with van der Waals surface area (Å²) in [5.41, 5.74) is -0.495. The molecular formula is C21H36N2O5. The van der Waals surface area contributed by atoms with Crippen LogP contribution in [0.25, 0.3) is 0 Å². The smallest absolute Gasteiger partial charge is 0.201 e. The number of fused-ring (bicyclic) bond motifs is 2. The number of ether oxygens (including phenoxy) is 3. The molecular weight excluding hydrogens is 360 g/mol. The third kappa shape index (κ3) is 3.14. The van der Waals surface area contributed by atoms with Crippen LogP contribution in [0.5, 0.6) is 0 Å². The Balaban J connectivity index is 1.31. The SMILES string of the molecule is C[C@@H]1CCC2[C@@H](C)[C@@H](OCCN3CCNCC3)OC3OC4(C)CCC1[C@]32OO4. The van der Waals surface area contributed by atoms with Gasteiger partial charge in [-0.25, -0.2) is 9.78 Å².